The third kappa shape index (κ3) is 2.67. The second-order valence-electron chi connectivity index (χ2n) is 7.12. The van der Waals surface area contributed by atoms with Gasteiger partial charge >= 0.3 is 5.97 Å². The molecule has 150 valence electrons. The fourth-order valence-corrected chi connectivity index (χ4v) is 4.41. The van der Waals surface area contributed by atoms with E-state index in [1.165, 1.54) is 18.2 Å². The summed E-state index contributed by atoms with van der Waals surface area (Å²) in [4.78, 5) is 40.3. The van der Waals surface area contributed by atoms with Crippen LogP contribution in [0.4, 0.5) is 10.1 Å². The van der Waals surface area contributed by atoms with Gasteiger partial charge in [-0.05, 0) is 18.2 Å². The van der Waals surface area contributed by atoms with Crippen molar-refractivity contribution < 1.29 is 28.6 Å². The zero-order chi connectivity index (χ0) is 20.8. The highest BCUT2D eigenvalue weighted by molar-refractivity contribution is 6.24. The zero-order valence-corrected chi connectivity index (χ0v) is 15.5. The first-order valence-electron chi connectivity index (χ1n) is 9.10. The molecular formula is C21H19FN2O5. The maximum atomic E-state index is 14.6. The molecule has 2 heterocycles. The molecule has 4 rings (SSSR count). The van der Waals surface area contributed by atoms with Crippen LogP contribution in [0.15, 0.2) is 54.6 Å². The van der Waals surface area contributed by atoms with Crippen LogP contribution in [-0.2, 0) is 19.1 Å². The molecule has 2 N–H and O–H groups in total. The number of carbonyl (C=O) groups excluding carboxylic acids is 3. The summed E-state index contributed by atoms with van der Waals surface area (Å²) in [6, 6.07) is 13.1. The van der Waals surface area contributed by atoms with Crippen molar-refractivity contribution in [1.82, 2.24) is 5.32 Å². The van der Waals surface area contributed by atoms with Gasteiger partial charge in [0, 0.05) is 11.6 Å². The van der Waals surface area contributed by atoms with E-state index in [9.17, 15) is 23.9 Å². The van der Waals surface area contributed by atoms with E-state index in [2.05, 4.69) is 5.32 Å². The van der Waals surface area contributed by atoms with Gasteiger partial charge in [0.15, 0.2) is 5.54 Å². The van der Waals surface area contributed by atoms with Gasteiger partial charge in [-0.3, -0.25) is 14.9 Å². The highest BCUT2D eigenvalue weighted by atomic mass is 19.1. The SMILES string of the molecule is COC(=O)[C@]1(CO)N[C@H](c2ccccc2F)[C@H]2C(=O)N(c3ccccc3)C(=O)[C@H]21. The number of esters is 1. The van der Waals surface area contributed by atoms with E-state index in [1.807, 2.05) is 0 Å². The van der Waals surface area contributed by atoms with E-state index in [-0.39, 0.29) is 5.56 Å². The number of nitrogens with zero attached hydrogens (tertiary/aromatic N) is 1. The van der Waals surface area contributed by atoms with E-state index >= 15 is 0 Å². The zero-order valence-electron chi connectivity index (χ0n) is 15.5. The summed E-state index contributed by atoms with van der Waals surface area (Å²) < 4.78 is 19.4. The molecule has 0 aromatic heterocycles. The molecule has 29 heavy (non-hydrogen) atoms. The number of methoxy groups -OCH3 is 1. The van der Waals surface area contributed by atoms with Crippen molar-refractivity contribution in [2.45, 2.75) is 11.6 Å². The topological polar surface area (TPSA) is 95.9 Å². The molecule has 2 aromatic carbocycles. The third-order valence-corrected chi connectivity index (χ3v) is 5.71. The summed E-state index contributed by atoms with van der Waals surface area (Å²) in [6.07, 6.45) is 0. The molecule has 2 amide bonds. The van der Waals surface area contributed by atoms with Crippen molar-refractivity contribution in [3.63, 3.8) is 0 Å². The smallest absolute Gasteiger partial charge is 0.329 e. The van der Waals surface area contributed by atoms with Crippen molar-refractivity contribution in [3.8, 4) is 0 Å². The Balaban J connectivity index is 1.88. The second kappa shape index (κ2) is 7.06. The molecule has 2 aromatic rings. The fourth-order valence-electron chi connectivity index (χ4n) is 4.41. The van der Waals surface area contributed by atoms with Gasteiger partial charge in [0.1, 0.15) is 5.82 Å². The van der Waals surface area contributed by atoms with Crippen LogP contribution in [0.5, 0.6) is 0 Å². The molecule has 0 bridgehead atoms. The van der Waals surface area contributed by atoms with Crippen LogP contribution in [0.25, 0.3) is 0 Å². The molecule has 0 spiro atoms. The molecule has 0 radical (unpaired) electrons. The number of rotatable bonds is 4. The molecule has 4 atom stereocenters. The minimum atomic E-state index is -1.86. The molecule has 2 aliphatic heterocycles. The van der Waals surface area contributed by atoms with Crippen LogP contribution in [0, 0.1) is 17.7 Å². The predicted molar refractivity (Wildman–Crippen MR) is 100 cm³/mol. The number of nitrogens with one attached hydrogen (secondary N) is 1. The Hall–Kier alpha value is -3.10. The number of hydrogen-bond donors (Lipinski definition) is 2. The summed E-state index contributed by atoms with van der Waals surface area (Å²) in [7, 11) is 1.13. The fraction of sp³-hybridized carbons (Fsp3) is 0.286. The van der Waals surface area contributed by atoms with E-state index < -0.39 is 53.6 Å². The second-order valence-corrected chi connectivity index (χ2v) is 7.12. The Morgan fingerprint density at radius 3 is 2.41 bits per heavy atom. The average Bonchev–Trinajstić information content (AvgIpc) is 3.23. The number of para-hydroxylation sites is 1. The van der Waals surface area contributed by atoms with Crippen molar-refractivity contribution >= 4 is 23.5 Å². The molecule has 2 aliphatic rings. The average molecular weight is 398 g/mol. The Kier molecular flexibility index (Phi) is 4.68. The quantitative estimate of drug-likeness (QED) is 0.593. The number of amides is 2. The number of anilines is 1. The van der Waals surface area contributed by atoms with E-state index in [1.54, 1.807) is 36.4 Å². The lowest BCUT2D eigenvalue weighted by molar-refractivity contribution is -0.154. The Morgan fingerprint density at radius 2 is 1.79 bits per heavy atom. The molecule has 0 unspecified atom stereocenters. The number of imide groups is 1. The van der Waals surface area contributed by atoms with Crippen molar-refractivity contribution in [3.05, 3.63) is 66.0 Å². The minimum Gasteiger partial charge on any atom is -0.468 e. The minimum absolute atomic E-state index is 0.137. The van der Waals surface area contributed by atoms with Crippen LogP contribution in [0.1, 0.15) is 11.6 Å². The van der Waals surface area contributed by atoms with Crippen molar-refractivity contribution in [2.75, 3.05) is 18.6 Å². The molecular weight excluding hydrogens is 379 g/mol. The van der Waals surface area contributed by atoms with Gasteiger partial charge in [-0.15, -0.1) is 0 Å². The number of ether oxygens (including phenoxy) is 1. The lowest BCUT2D eigenvalue weighted by Crippen LogP contribution is -2.59. The first-order chi connectivity index (χ1) is 14.0. The summed E-state index contributed by atoms with van der Waals surface area (Å²) in [6.45, 7) is -0.784. The molecule has 0 aliphatic carbocycles. The maximum Gasteiger partial charge on any atom is 0.329 e. The van der Waals surface area contributed by atoms with Gasteiger partial charge in [-0.25, -0.2) is 14.1 Å². The Bertz CT molecular complexity index is 982. The summed E-state index contributed by atoms with van der Waals surface area (Å²) >= 11 is 0. The van der Waals surface area contributed by atoms with Gasteiger partial charge in [0.05, 0.1) is 31.2 Å². The standard InChI is InChI=1S/C21H19FN2O5/c1-29-20(28)21(11-25)16-15(17(23-21)13-9-5-6-10-14(13)22)18(26)24(19(16)27)12-7-3-2-4-8-12/h2-10,15-17,23,25H,11H2,1H3/t15-,16-,17+,21+/m0/s1. The normalized spacial score (nSPS) is 28.5. The van der Waals surface area contributed by atoms with Crippen molar-refractivity contribution in [1.29, 1.82) is 0 Å². The van der Waals surface area contributed by atoms with Crippen molar-refractivity contribution in [2.24, 2.45) is 11.8 Å². The number of aliphatic hydroxyl groups is 1. The van der Waals surface area contributed by atoms with Crippen LogP contribution in [0.3, 0.4) is 0 Å². The summed E-state index contributed by atoms with van der Waals surface area (Å²) in [5.41, 5.74) is -1.37. The molecule has 0 saturated carbocycles. The highest BCUT2D eigenvalue weighted by Crippen LogP contribution is 2.50. The maximum absolute atomic E-state index is 14.6. The van der Waals surface area contributed by atoms with Gasteiger partial charge in [0.25, 0.3) is 0 Å². The Labute approximate surface area is 166 Å². The molecule has 7 nitrogen and oxygen atoms in total. The number of halogens is 1. The van der Waals surface area contributed by atoms with E-state index in [0.29, 0.717) is 5.69 Å². The summed E-state index contributed by atoms with van der Waals surface area (Å²) in [5, 5.41) is 13.0. The molecule has 2 fully saturated rings. The highest BCUT2D eigenvalue weighted by Gasteiger charge is 2.69. The van der Waals surface area contributed by atoms with Crippen LogP contribution < -0.4 is 10.2 Å². The first-order valence-corrected chi connectivity index (χ1v) is 9.10. The Morgan fingerprint density at radius 1 is 1.14 bits per heavy atom. The van der Waals surface area contributed by atoms with E-state index in [0.717, 1.165) is 12.0 Å². The van der Waals surface area contributed by atoms with Gasteiger partial charge in [0.2, 0.25) is 11.8 Å². The monoisotopic (exact) mass is 398 g/mol. The number of benzene rings is 2. The predicted octanol–water partition coefficient (Wildman–Crippen LogP) is 1.18. The lowest BCUT2D eigenvalue weighted by Gasteiger charge is -2.30. The van der Waals surface area contributed by atoms with Crippen LogP contribution >= 0.6 is 0 Å². The van der Waals surface area contributed by atoms with Crippen LogP contribution in [0.2, 0.25) is 0 Å². The number of fused-ring (bicyclic) bond motifs is 1. The largest absolute Gasteiger partial charge is 0.468 e. The molecule has 2 saturated heterocycles. The number of hydrogen-bond acceptors (Lipinski definition) is 6. The van der Waals surface area contributed by atoms with Gasteiger partial charge in [-0.2, -0.15) is 0 Å². The van der Waals surface area contributed by atoms with Gasteiger partial charge < -0.3 is 9.84 Å². The number of carbonyl (C=O) groups is 3. The third-order valence-electron chi connectivity index (χ3n) is 5.71. The van der Waals surface area contributed by atoms with Gasteiger partial charge in [-0.1, -0.05) is 36.4 Å². The number of aliphatic hydroxyl groups excluding tert-OH is 1. The lowest BCUT2D eigenvalue weighted by atomic mass is 9.79. The van der Waals surface area contributed by atoms with E-state index in [4.69, 9.17) is 4.74 Å². The van der Waals surface area contributed by atoms with Crippen LogP contribution in [-0.4, -0.2) is 42.1 Å². The molecule has 8 heteroatoms. The summed E-state index contributed by atoms with van der Waals surface area (Å²) in [5.74, 6) is -4.99. The first kappa shape index (κ1) is 19.2.